The van der Waals surface area contributed by atoms with Crippen molar-refractivity contribution in [2.75, 3.05) is 20.3 Å². The van der Waals surface area contributed by atoms with E-state index in [-0.39, 0.29) is 30.5 Å². The van der Waals surface area contributed by atoms with E-state index in [4.69, 9.17) is 15.2 Å². The fourth-order valence-corrected chi connectivity index (χ4v) is 1.70. The maximum Gasteiger partial charge on any atom is 0.161 e. The third-order valence-corrected chi connectivity index (χ3v) is 3.10. The van der Waals surface area contributed by atoms with Crippen LogP contribution in [-0.4, -0.2) is 25.4 Å². The van der Waals surface area contributed by atoms with E-state index >= 15 is 0 Å². The summed E-state index contributed by atoms with van der Waals surface area (Å²) in [5.74, 6) is 1.37. The Morgan fingerprint density at radius 3 is 2.42 bits per heavy atom. The maximum absolute atomic E-state index is 9.36. The molecule has 5 heteroatoms. The van der Waals surface area contributed by atoms with Crippen LogP contribution in [0.2, 0.25) is 0 Å². The zero-order chi connectivity index (χ0) is 13.8. The second kappa shape index (κ2) is 7.58. The van der Waals surface area contributed by atoms with Crippen molar-refractivity contribution in [2.24, 2.45) is 11.1 Å². The van der Waals surface area contributed by atoms with Crippen LogP contribution in [0.15, 0.2) is 18.2 Å². The molecule has 0 spiro atoms. The van der Waals surface area contributed by atoms with Gasteiger partial charge in [0.25, 0.3) is 0 Å². The minimum atomic E-state index is -0.377. The van der Waals surface area contributed by atoms with Crippen molar-refractivity contribution in [3.8, 4) is 11.5 Å². The molecule has 3 N–H and O–H groups in total. The van der Waals surface area contributed by atoms with Crippen molar-refractivity contribution in [3.63, 3.8) is 0 Å². The number of nitrogens with two attached hydrogens (primary N) is 1. The highest BCUT2D eigenvalue weighted by atomic mass is 35.5. The number of aliphatic hydroxyl groups is 1. The Morgan fingerprint density at radius 1 is 1.32 bits per heavy atom. The van der Waals surface area contributed by atoms with Crippen LogP contribution >= 0.6 is 12.4 Å². The zero-order valence-electron chi connectivity index (χ0n) is 12.0. The smallest absolute Gasteiger partial charge is 0.161 e. The fourth-order valence-electron chi connectivity index (χ4n) is 1.70. The third-order valence-electron chi connectivity index (χ3n) is 3.10. The number of ether oxygens (including phenoxy) is 2. The van der Waals surface area contributed by atoms with Crippen molar-refractivity contribution in [1.82, 2.24) is 0 Å². The van der Waals surface area contributed by atoms with E-state index in [9.17, 15) is 5.11 Å². The number of hydrogen-bond donors (Lipinski definition) is 2. The average Bonchev–Trinajstić information content (AvgIpc) is 2.38. The highest BCUT2D eigenvalue weighted by Gasteiger charge is 2.27. The SMILES string of the molecule is CCOc1ccc([C@H](N)C(C)(C)CO)cc1OC.Cl. The molecule has 0 heterocycles. The molecule has 0 amide bonds. The van der Waals surface area contributed by atoms with Gasteiger partial charge in [0.1, 0.15) is 0 Å². The zero-order valence-corrected chi connectivity index (χ0v) is 12.8. The van der Waals surface area contributed by atoms with Gasteiger partial charge in [-0.15, -0.1) is 12.4 Å². The molecule has 1 aromatic rings. The van der Waals surface area contributed by atoms with Gasteiger partial charge in [0.05, 0.1) is 13.7 Å². The van der Waals surface area contributed by atoms with Gasteiger partial charge in [-0.3, -0.25) is 0 Å². The monoisotopic (exact) mass is 289 g/mol. The molecule has 1 atom stereocenters. The van der Waals surface area contributed by atoms with Crippen LogP contribution in [0.3, 0.4) is 0 Å². The van der Waals surface area contributed by atoms with Crippen molar-refractivity contribution < 1.29 is 14.6 Å². The number of rotatable bonds is 6. The molecule has 0 saturated carbocycles. The molecule has 0 aromatic heterocycles. The highest BCUT2D eigenvalue weighted by molar-refractivity contribution is 5.85. The van der Waals surface area contributed by atoms with Gasteiger partial charge in [-0.05, 0) is 24.6 Å². The Morgan fingerprint density at radius 2 is 1.95 bits per heavy atom. The van der Waals surface area contributed by atoms with E-state index in [1.807, 2.05) is 39.0 Å². The first-order valence-corrected chi connectivity index (χ1v) is 6.13. The number of hydrogen-bond acceptors (Lipinski definition) is 4. The largest absolute Gasteiger partial charge is 0.493 e. The summed E-state index contributed by atoms with van der Waals surface area (Å²) in [6.07, 6.45) is 0. The minimum absolute atomic E-state index is 0. The van der Waals surface area contributed by atoms with Gasteiger partial charge in [0.2, 0.25) is 0 Å². The fraction of sp³-hybridized carbons (Fsp3) is 0.571. The van der Waals surface area contributed by atoms with E-state index in [1.54, 1.807) is 7.11 Å². The second-order valence-electron chi connectivity index (χ2n) is 4.97. The second-order valence-corrected chi connectivity index (χ2v) is 4.97. The van der Waals surface area contributed by atoms with Gasteiger partial charge in [0, 0.05) is 18.1 Å². The van der Waals surface area contributed by atoms with E-state index < -0.39 is 0 Å². The third kappa shape index (κ3) is 4.27. The molecular weight excluding hydrogens is 266 g/mol. The first-order chi connectivity index (χ1) is 8.46. The Bertz CT molecular complexity index is 396. The van der Waals surface area contributed by atoms with Crippen LogP contribution in [0.5, 0.6) is 11.5 Å². The molecule has 0 radical (unpaired) electrons. The summed E-state index contributed by atoms with van der Waals surface area (Å²) in [4.78, 5) is 0. The summed E-state index contributed by atoms with van der Waals surface area (Å²) in [5.41, 5.74) is 6.72. The van der Waals surface area contributed by atoms with Crippen LogP contribution in [0.4, 0.5) is 0 Å². The predicted molar refractivity (Wildman–Crippen MR) is 79.2 cm³/mol. The summed E-state index contributed by atoms with van der Waals surface area (Å²) < 4.78 is 10.8. The molecule has 0 aliphatic rings. The molecule has 19 heavy (non-hydrogen) atoms. The van der Waals surface area contributed by atoms with Gasteiger partial charge in [-0.25, -0.2) is 0 Å². The summed E-state index contributed by atoms with van der Waals surface area (Å²) >= 11 is 0. The molecule has 4 nitrogen and oxygen atoms in total. The van der Waals surface area contributed by atoms with E-state index in [1.165, 1.54) is 0 Å². The van der Waals surface area contributed by atoms with Gasteiger partial charge >= 0.3 is 0 Å². The lowest BCUT2D eigenvalue weighted by molar-refractivity contribution is 0.132. The van der Waals surface area contributed by atoms with Crippen molar-refractivity contribution in [3.05, 3.63) is 23.8 Å². The van der Waals surface area contributed by atoms with Crippen LogP contribution in [0, 0.1) is 5.41 Å². The lowest BCUT2D eigenvalue weighted by Gasteiger charge is -2.30. The molecule has 0 unspecified atom stereocenters. The average molecular weight is 290 g/mol. The van der Waals surface area contributed by atoms with Crippen LogP contribution in [0.1, 0.15) is 32.4 Å². The molecule has 0 saturated heterocycles. The van der Waals surface area contributed by atoms with E-state index in [0.29, 0.717) is 18.1 Å². The Hall–Kier alpha value is -0.970. The molecule has 110 valence electrons. The molecule has 0 fully saturated rings. The molecule has 1 aromatic carbocycles. The summed E-state index contributed by atoms with van der Waals surface area (Å²) in [6.45, 7) is 6.41. The molecule has 0 aliphatic heterocycles. The Labute approximate surface area is 121 Å². The predicted octanol–water partition coefficient (Wildman–Crippen LogP) is 2.53. The topological polar surface area (TPSA) is 64.7 Å². The minimum Gasteiger partial charge on any atom is -0.493 e. The standard InChI is InChI=1S/C14H23NO3.ClH/c1-5-18-11-7-6-10(8-12(11)17-4)13(15)14(2,3)9-16;/h6-8,13,16H,5,9,15H2,1-4H3;1H/t13-;/m0./s1. The first kappa shape index (κ1) is 18.0. The summed E-state index contributed by atoms with van der Waals surface area (Å²) in [5, 5.41) is 9.36. The summed E-state index contributed by atoms with van der Waals surface area (Å²) in [7, 11) is 1.60. The summed E-state index contributed by atoms with van der Waals surface area (Å²) in [6, 6.07) is 5.38. The first-order valence-electron chi connectivity index (χ1n) is 6.13. The lowest BCUT2D eigenvalue weighted by Crippen LogP contribution is -2.32. The van der Waals surface area contributed by atoms with Gasteiger partial charge in [-0.1, -0.05) is 19.9 Å². The maximum atomic E-state index is 9.36. The number of benzene rings is 1. The van der Waals surface area contributed by atoms with Crippen LogP contribution in [0.25, 0.3) is 0 Å². The van der Waals surface area contributed by atoms with Crippen molar-refractivity contribution in [2.45, 2.75) is 26.8 Å². The van der Waals surface area contributed by atoms with Crippen molar-refractivity contribution in [1.29, 1.82) is 0 Å². The number of halogens is 1. The van der Waals surface area contributed by atoms with Crippen LogP contribution in [-0.2, 0) is 0 Å². The molecule has 0 aliphatic carbocycles. The van der Waals surface area contributed by atoms with Gasteiger partial charge in [0.15, 0.2) is 11.5 Å². The molecular formula is C14H24ClNO3. The number of aliphatic hydroxyl groups excluding tert-OH is 1. The highest BCUT2D eigenvalue weighted by Crippen LogP contribution is 2.35. The van der Waals surface area contributed by atoms with Gasteiger partial charge in [-0.2, -0.15) is 0 Å². The number of methoxy groups -OCH3 is 1. The quantitative estimate of drug-likeness (QED) is 0.845. The van der Waals surface area contributed by atoms with Gasteiger partial charge < -0.3 is 20.3 Å². The van der Waals surface area contributed by atoms with E-state index in [2.05, 4.69) is 0 Å². The normalized spacial score (nSPS) is 12.5. The van der Waals surface area contributed by atoms with Crippen molar-refractivity contribution >= 4 is 12.4 Å². The Balaban J connectivity index is 0.00000324. The Kier molecular flexibility index (Phi) is 7.19. The molecule has 1 rings (SSSR count). The lowest BCUT2D eigenvalue weighted by atomic mass is 9.82. The van der Waals surface area contributed by atoms with E-state index in [0.717, 1.165) is 5.56 Å². The molecule has 0 bridgehead atoms. The van der Waals surface area contributed by atoms with Crippen LogP contribution < -0.4 is 15.2 Å².